The molecule has 3 heteroatoms. The molecular weight excluding hydrogens is 208 g/mol. The Hall–Kier alpha value is -1.22. The third kappa shape index (κ3) is 3.80. The van der Waals surface area contributed by atoms with Crippen molar-refractivity contribution in [1.82, 2.24) is 0 Å². The summed E-state index contributed by atoms with van der Waals surface area (Å²) in [7, 11) is 1.37. The van der Waals surface area contributed by atoms with E-state index in [-0.39, 0.29) is 5.97 Å². The summed E-state index contributed by atoms with van der Waals surface area (Å²) in [6, 6.07) is 6.21. The van der Waals surface area contributed by atoms with E-state index in [1.54, 1.807) is 5.41 Å². The van der Waals surface area contributed by atoms with Gasteiger partial charge in [0.15, 0.2) is 0 Å². The first-order valence-corrected chi connectivity index (χ1v) is 5.50. The Kier molecular flexibility index (Phi) is 4.43. The predicted octanol–water partition coefficient (Wildman–Crippen LogP) is 3.08. The van der Waals surface area contributed by atoms with Crippen LogP contribution >= 0.6 is 11.8 Å². The molecule has 0 radical (unpaired) electrons. The largest absolute Gasteiger partial charge is 0.466 e. The summed E-state index contributed by atoms with van der Waals surface area (Å²) in [5, 5.41) is 1.73. The van der Waals surface area contributed by atoms with Crippen LogP contribution in [0.2, 0.25) is 0 Å². The number of hydrogen-bond acceptors (Lipinski definition) is 3. The summed E-state index contributed by atoms with van der Waals surface area (Å²) in [6.45, 7) is 4.15. The lowest BCUT2D eigenvalue weighted by molar-refractivity contribution is -0.134. The second-order valence-electron chi connectivity index (χ2n) is 3.19. The van der Waals surface area contributed by atoms with Crippen molar-refractivity contribution in [2.24, 2.45) is 0 Å². The van der Waals surface area contributed by atoms with Crippen LogP contribution < -0.4 is 0 Å². The molecule has 80 valence electrons. The molecule has 0 fully saturated rings. The number of esters is 1. The standard InChI is InChI=1S/C12H14O2S/c1-9-4-5-11(8-10(9)2)15-7-6-12(13)14-3/h4-8H,1-3H3. The molecule has 0 N–H and O–H groups in total. The van der Waals surface area contributed by atoms with Gasteiger partial charge in [-0.15, -0.1) is 0 Å². The Morgan fingerprint density at radius 2 is 2.07 bits per heavy atom. The molecule has 0 aliphatic rings. The number of thioether (sulfide) groups is 1. The Morgan fingerprint density at radius 1 is 1.33 bits per heavy atom. The van der Waals surface area contributed by atoms with Crippen molar-refractivity contribution in [3.05, 3.63) is 40.8 Å². The van der Waals surface area contributed by atoms with Crippen molar-refractivity contribution in [3.8, 4) is 0 Å². The first-order valence-electron chi connectivity index (χ1n) is 4.62. The van der Waals surface area contributed by atoms with Crippen LogP contribution in [0, 0.1) is 13.8 Å². The molecule has 0 amide bonds. The van der Waals surface area contributed by atoms with Gasteiger partial charge in [-0.05, 0) is 42.5 Å². The quantitative estimate of drug-likeness (QED) is 0.446. The third-order valence-electron chi connectivity index (χ3n) is 2.09. The molecule has 0 atom stereocenters. The van der Waals surface area contributed by atoms with Crippen molar-refractivity contribution in [2.45, 2.75) is 18.7 Å². The minimum Gasteiger partial charge on any atom is -0.466 e. The number of methoxy groups -OCH3 is 1. The molecule has 0 unspecified atom stereocenters. The first kappa shape index (κ1) is 11.9. The number of benzene rings is 1. The van der Waals surface area contributed by atoms with Crippen molar-refractivity contribution in [3.63, 3.8) is 0 Å². The smallest absolute Gasteiger partial charge is 0.330 e. The highest BCUT2D eigenvalue weighted by Gasteiger charge is 1.96. The molecule has 0 saturated carbocycles. The van der Waals surface area contributed by atoms with E-state index in [9.17, 15) is 4.79 Å². The van der Waals surface area contributed by atoms with Crippen LogP contribution in [0.4, 0.5) is 0 Å². The van der Waals surface area contributed by atoms with Gasteiger partial charge in [0, 0.05) is 11.0 Å². The van der Waals surface area contributed by atoms with Crippen molar-refractivity contribution >= 4 is 17.7 Å². The van der Waals surface area contributed by atoms with Crippen LogP contribution in [0.1, 0.15) is 11.1 Å². The Bertz CT molecular complexity index is 383. The van der Waals surface area contributed by atoms with E-state index in [0.717, 1.165) is 4.90 Å². The average Bonchev–Trinajstić information content (AvgIpc) is 2.23. The monoisotopic (exact) mass is 222 g/mol. The number of carbonyl (C=O) groups excluding carboxylic acids is 1. The molecule has 0 saturated heterocycles. The zero-order valence-electron chi connectivity index (χ0n) is 9.11. The van der Waals surface area contributed by atoms with Crippen LogP contribution in [-0.2, 0) is 9.53 Å². The molecule has 0 aromatic heterocycles. The van der Waals surface area contributed by atoms with Gasteiger partial charge in [-0.25, -0.2) is 4.79 Å². The molecule has 0 bridgehead atoms. The van der Waals surface area contributed by atoms with Crippen LogP contribution in [0.3, 0.4) is 0 Å². The fourth-order valence-electron chi connectivity index (χ4n) is 1.02. The SMILES string of the molecule is COC(=O)C=CSc1ccc(C)c(C)c1. The molecular formula is C12H14O2S. The van der Waals surface area contributed by atoms with Gasteiger partial charge < -0.3 is 4.74 Å². The van der Waals surface area contributed by atoms with Crippen molar-refractivity contribution in [2.75, 3.05) is 7.11 Å². The number of rotatable bonds is 3. The predicted molar refractivity (Wildman–Crippen MR) is 62.9 cm³/mol. The van der Waals surface area contributed by atoms with E-state index in [0.29, 0.717) is 0 Å². The highest BCUT2D eigenvalue weighted by molar-refractivity contribution is 8.02. The van der Waals surface area contributed by atoms with Crippen LogP contribution in [0.25, 0.3) is 0 Å². The topological polar surface area (TPSA) is 26.3 Å². The third-order valence-corrected chi connectivity index (χ3v) is 2.89. The Morgan fingerprint density at radius 3 is 2.67 bits per heavy atom. The number of aryl methyl sites for hydroxylation is 2. The van der Waals surface area contributed by atoms with E-state index >= 15 is 0 Å². The van der Waals surface area contributed by atoms with Gasteiger partial charge in [-0.3, -0.25) is 0 Å². The summed E-state index contributed by atoms with van der Waals surface area (Å²) in [5.74, 6) is -0.327. The molecule has 1 aromatic carbocycles. The summed E-state index contributed by atoms with van der Waals surface area (Å²) < 4.78 is 4.49. The molecule has 0 aliphatic carbocycles. The first-order chi connectivity index (χ1) is 7.13. The maximum absolute atomic E-state index is 10.8. The molecule has 0 spiro atoms. The molecule has 0 aliphatic heterocycles. The molecule has 15 heavy (non-hydrogen) atoms. The Balaban J connectivity index is 2.62. The number of ether oxygens (including phenoxy) is 1. The van der Waals surface area contributed by atoms with Gasteiger partial charge in [0.1, 0.15) is 0 Å². The summed E-state index contributed by atoms with van der Waals surface area (Å²) in [5.41, 5.74) is 2.53. The van der Waals surface area contributed by atoms with Gasteiger partial charge in [0.05, 0.1) is 7.11 Å². The van der Waals surface area contributed by atoms with E-state index in [2.05, 4.69) is 30.7 Å². The second kappa shape index (κ2) is 5.61. The summed E-state index contributed by atoms with van der Waals surface area (Å²) in [6.07, 6.45) is 1.42. The lowest BCUT2D eigenvalue weighted by Crippen LogP contribution is -1.92. The Labute approximate surface area is 94.3 Å². The van der Waals surface area contributed by atoms with E-state index in [1.807, 2.05) is 6.07 Å². The number of hydrogen-bond donors (Lipinski definition) is 0. The van der Waals surface area contributed by atoms with Crippen molar-refractivity contribution in [1.29, 1.82) is 0 Å². The van der Waals surface area contributed by atoms with Crippen LogP contribution in [-0.4, -0.2) is 13.1 Å². The molecule has 0 heterocycles. The number of carbonyl (C=O) groups is 1. The van der Waals surface area contributed by atoms with Gasteiger partial charge >= 0.3 is 5.97 Å². The van der Waals surface area contributed by atoms with E-state index in [4.69, 9.17) is 0 Å². The summed E-state index contributed by atoms with van der Waals surface area (Å²) >= 11 is 1.51. The fraction of sp³-hybridized carbons (Fsp3) is 0.250. The lowest BCUT2D eigenvalue weighted by Gasteiger charge is -2.01. The molecule has 2 nitrogen and oxygen atoms in total. The van der Waals surface area contributed by atoms with Gasteiger partial charge in [-0.2, -0.15) is 0 Å². The van der Waals surface area contributed by atoms with Crippen LogP contribution in [0.5, 0.6) is 0 Å². The van der Waals surface area contributed by atoms with Gasteiger partial charge in [-0.1, -0.05) is 17.8 Å². The maximum Gasteiger partial charge on any atom is 0.330 e. The van der Waals surface area contributed by atoms with Gasteiger partial charge in [0.2, 0.25) is 0 Å². The maximum atomic E-state index is 10.8. The second-order valence-corrected chi connectivity index (χ2v) is 4.17. The minimum absolute atomic E-state index is 0.327. The lowest BCUT2D eigenvalue weighted by atomic mass is 10.1. The molecule has 1 rings (SSSR count). The zero-order valence-corrected chi connectivity index (χ0v) is 9.93. The van der Waals surface area contributed by atoms with E-state index in [1.165, 1.54) is 36.1 Å². The van der Waals surface area contributed by atoms with E-state index < -0.39 is 0 Å². The fourth-order valence-corrected chi connectivity index (χ4v) is 1.75. The van der Waals surface area contributed by atoms with Crippen molar-refractivity contribution < 1.29 is 9.53 Å². The minimum atomic E-state index is -0.327. The normalized spacial score (nSPS) is 10.6. The summed E-state index contributed by atoms with van der Waals surface area (Å²) in [4.78, 5) is 11.9. The van der Waals surface area contributed by atoms with Crippen LogP contribution in [0.15, 0.2) is 34.6 Å². The zero-order chi connectivity index (χ0) is 11.3. The van der Waals surface area contributed by atoms with Gasteiger partial charge in [0.25, 0.3) is 0 Å². The highest BCUT2D eigenvalue weighted by Crippen LogP contribution is 2.21. The molecule has 1 aromatic rings. The highest BCUT2D eigenvalue weighted by atomic mass is 32.2. The average molecular weight is 222 g/mol.